The van der Waals surface area contributed by atoms with E-state index >= 15 is 0 Å². The molecule has 0 bridgehead atoms. The molecular weight excluding hydrogens is 292 g/mol. The molecule has 108 valence electrons. The van der Waals surface area contributed by atoms with Crippen molar-refractivity contribution in [3.63, 3.8) is 0 Å². The molecule has 1 aliphatic rings. The van der Waals surface area contributed by atoms with Gasteiger partial charge in [-0.1, -0.05) is 41.9 Å². The fraction of sp³-hybridized carbons (Fsp3) is 0.188. The minimum absolute atomic E-state index is 0.462. The Morgan fingerprint density at radius 3 is 2.62 bits per heavy atom. The summed E-state index contributed by atoms with van der Waals surface area (Å²) in [6, 6.07) is 14.5. The second kappa shape index (κ2) is 5.06. The highest BCUT2D eigenvalue weighted by Gasteiger charge is 2.43. The van der Waals surface area contributed by atoms with Crippen LogP contribution in [-0.2, 0) is 15.1 Å². The van der Waals surface area contributed by atoms with Crippen LogP contribution in [0.3, 0.4) is 0 Å². The van der Waals surface area contributed by atoms with E-state index in [9.17, 15) is 9.90 Å². The smallest absolute Gasteiger partial charge is 0.373 e. The molecule has 0 unspecified atom stereocenters. The minimum atomic E-state index is -1.36. The number of hydrogen-bond acceptors (Lipinski definition) is 3. The Bertz CT molecular complexity index is 686. The molecule has 2 atom stereocenters. The van der Waals surface area contributed by atoms with Crippen molar-refractivity contribution in [1.29, 1.82) is 0 Å². The van der Waals surface area contributed by atoms with E-state index in [-0.39, 0.29) is 0 Å². The maximum atomic E-state index is 11.3. The molecule has 0 saturated carbocycles. The van der Waals surface area contributed by atoms with Crippen molar-refractivity contribution in [1.82, 2.24) is 0 Å². The molecule has 3 rings (SSSR count). The number of hydrogen-bond donors (Lipinski definition) is 1. The first-order valence-corrected chi connectivity index (χ1v) is 6.81. The molecule has 5 heteroatoms. The van der Waals surface area contributed by atoms with Gasteiger partial charge in [0.2, 0.25) is 0 Å². The molecule has 1 aliphatic heterocycles. The van der Waals surface area contributed by atoms with Crippen LogP contribution in [0.5, 0.6) is 5.75 Å². The first-order valence-electron chi connectivity index (χ1n) is 6.43. The largest absolute Gasteiger partial charge is 0.477 e. The third-order valence-electron chi connectivity index (χ3n) is 3.56. The first-order chi connectivity index (χ1) is 10.0. The molecular formula is C16H13ClO4. The summed E-state index contributed by atoms with van der Waals surface area (Å²) in [6.45, 7) is 1.82. The Morgan fingerprint density at radius 2 is 1.95 bits per heavy atom. The fourth-order valence-corrected chi connectivity index (χ4v) is 2.65. The SMILES string of the molecule is C[C@@]1(c2ccccc2)O[C@@H](C(=O)O)Oc2ccc(Cl)cc21. The lowest BCUT2D eigenvalue weighted by atomic mass is 9.86. The van der Waals surface area contributed by atoms with Gasteiger partial charge in [0.05, 0.1) is 0 Å². The number of ether oxygens (including phenoxy) is 2. The van der Waals surface area contributed by atoms with Crippen LogP contribution >= 0.6 is 11.6 Å². The summed E-state index contributed by atoms with van der Waals surface area (Å²) in [6.07, 6.45) is -1.36. The summed E-state index contributed by atoms with van der Waals surface area (Å²) in [7, 11) is 0. The zero-order valence-electron chi connectivity index (χ0n) is 11.2. The van der Waals surface area contributed by atoms with E-state index in [4.69, 9.17) is 21.1 Å². The lowest BCUT2D eigenvalue weighted by Crippen LogP contribution is -2.44. The highest BCUT2D eigenvalue weighted by molar-refractivity contribution is 6.30. The van der Waals surface area contributed by atoms with Gasteiger partial charge in [0, 0.05) is 10.6 Å². The number of halogens is 1. The molecule has 0 radical (unpaired) electrons. The minimum Gasteiger partial charge on any atom is -0.477 e. The second-order valence-corrected chi connectivity index (χ2v) is 5.38. The summed E-state index contributed by atoms with van der Waals surface area (Å²) >= 11 is 6.06. The highest BCUT2D eigenvalue weighted by atomic mass is 35.5. The van der Waals surface area contributed by atoms with Gasteiger partial charge < -0.3 is 14.6 Å². The Labute approximate surface area is 126 Å². The third kappa shape index (κ3) is 2.37. The number of benzene rings is 2. The third-order valence-corrected chi connectivity index (χ3v) is 3.79. The Morgan fingerprint density at radius 1 is 1.24 bits per heavy atom. The summed E-state index contributed by atoms with van der Waals surface area (Å²) < 4.78 is 11.1. The second-order valence-electron chi connectivity index (χ2n) is 4.95. The van der Waals surface area contributed by atoms with Crippen LogP contribution in [0.25, 0.3) is 0 Å². The zero-order chi connectivity index (χ0) is 15.0. The summed E-state index contributed by atoms with van der Waals surface area (Å²) in [5.41, 5.74) is 0.602. The number of rotatable bonds is 2. The topological polar surface area (TPSA) is 55.8 Å². The maximum absolute atomic E-state index is 11.3. The lowest BCUT2D eigenvalue weighted by molar-refractivity contribution is -0.201. The van der Waals surface area contributed by atoms with Crippen LogP contribution in [0.4, 0.5) is 0 Å². The van der Waals surface area contributed by atoms with Gasteiger partial charge in [-0.25, -0.2) is 4.79 Å². The van der Waals surface area contributed by atoms with Crippen LogP contribution in [0.1, 0.15) is 18.1 Å². The standard InChI is InChI=1S/C16H13ClO4/c1-16(10-5-3-2-4-6-10)12-9-11(17)7-8-13(12)20-15(21-16)14(18)19/h2-9,15H,1H3,(H,18,19)/t15-,16-/m0/s1. The molecule has 0 spiro atoms. The van der Waals surface area contributed by atoms with Crippen LogP contribution in [0.15, 0.2) is 48.5 Å². The first kappa shape index (κ1) is 13.9. The molecule has 1 N–H and O–H groups in total. The fourth-order valence-electron chi connectivity index (χ4n) is 2.48. The van der Waals surface area contributed by atoms with Gasteiger partial charge >= 0.3 is 5.97 Å². The van der Waals surface area contributed by atoms with Gasteiger partial charge in [-0.05, 0) is 30.7 Å². The maximum Gasteiger partial charge on any atom is 0.373 e. The van der Waals surface area contributed by atoms with Crippen molar-refractivity contribution in [2.45, 2.75) is 18.8 Å². The average Bonchev–Trinajstić information content (AvgIpc) is 2.48. The summed E-state index contributed by atoms with van der Waals surface area (Å²) in [5.74, 6) is -0.706. The number of fused-ring (bicyclic) bond motifs is 1. The van der Waals surface area contributed by atoms with E-state index in [1.807, 2.05) is 37.3 Å². The monoisotopic (exact) mass is 304 g/mol. The van der Waals surface area contributed by atoms with E-state index in [2.05, 4.69) is 0 Å². The van der Waals surface area contributed by atoms with Gasteiger partial charge in [0.25, 0.3) is 6.29 Å². The van der Waals surface area contributed by atoms with Crippen molar-refractivity contribution in [3.8, 4) is 5.75 Å². The van der Waals surface area contributed by atoms with Gasteiger partial charge in [0.15, 0.2) is 0 Å². The van der Waals surface area contributed by atoms with Crippen molar-refractivity contribution in [2.75, 3.05) is 0 Å². The Kier molecular flexibility index (Phi) is 3.35. The molecule has 0 amide bonds. The van der Waals surface area contributed by atoms with Crippen LogP contribution in [0.2, 0.25) is 5.02 Å². The van der Waals surface area contributed by atoms with Gasteiger partial charge in [0.1, 0.15) is 11.4 Å². The van der Waals surface area contributed by atoms with E-state index in [0.717, 1.165) is 5.56 Å². The molecule has 1 heterocycles. The predicted octanol–water partition coefficient (Wildman–Crippen LogP) is 3.42. The van der Waals surface area contributed by atoms with E-state index < -0.39 is 17.9 Å². The predicted molar refractivity (Wildman–Crippen MR) is 77.5 cm³/mol. The van der Waals surface area contributed by atoms with E-state index in [0.29, 0.717) is 16.3 Å². The molecule has 0 fully saturated rings. The van der Waals surface area contributed by atoms with Crippen molar-refractivity contribution in [3.05, 3.63) is 64.7 Å². The Balaban J connectivity index is 2.19. The molecule has 0 saturated heterocycles. The molecule has 0 aromatic heterocycles. The molecule has 0 aliphatic carbocycles. The van der Waals surface area contributed by atoms with E-state index in [1.54, 1.807) is 18.2 Å². The Hall–Kier alpha value is -2.04. The van der Waals surface area contributed by atoms with Crippen LogP contribution in [0, 0.1) is 0 Å². The summed E-state index contributed by atoms with van der Waals surface area (Å²) in [4.78, 5) is 11.3. The zero-order valence-corrected chi connectivity index (χ0v) is 12.0. The lowest BCUT2D eigenvalue weighted by Gasteiger charge is -2.39. The van der Waals surface area contributed by atoms with Gasteiger partial charge in [-0.3, -0.25) is 0 Å². The van der Waals surface area contributed by atoms with E-state index in [1.165, 1.54) is 0 Å². The molecule has 2 aromatic rings. The normalized spacial score (nSPS) is 24.0. The van der Waals surface area contributed by atoms with Crippen molar-refractivity contribution in [2.24, 2.45) is 0 Å². The van der Waals surface area contributed by atoms with Gasteiger partial charge in [-0.2, -0.15) is 0 Å². The number of carboxylic acids is 1. The summed E-state index contributed by atoms with van der Waals surface area (Å²) in [5, 5.41) is 9.76. The van der Waals surface area contributed by atoms with Crippen molar-refractivity contribution < 1.29 is 19.4 Å². The number of carboxylic acid groups (broad SMARTS) is 1. The molecule has 4 nitrogen and oxygen atoms in total. The van der Waals surface area contributed by atoms with Gasteiger partial charge in [-0.15, -0.1) is 0 Å². The molecule has 21 heavy (non-hydrogen) atoms. The van der Waals surface area contributed by atoms with Crippen LogP contribution in [-0.4, -0.2) is 17.4 Å². The number of aliphatic carboxylic acids is 1. The quantitative estimate of drug-likeness (QED) is 0.923. The van der Waals surface area contributed by atoms with Crippen molar-refractivity contribution >= 4 is 17.6 Å². The highest BCUT2D eigenvalue weighted by Crippen LogP contribution is 2.44. The molecule has 2 aromatic carbocycles. The number of carbonyl (C=O) groups is 1. The van der Waals surface area contributed by atoms with Crippen LogP contribution < -0.4 is 4.74 Å². The average molecular weight is 305 g/mol.